The number of carbonyl (C=O) groups excluding carboxylic acids is 1. The molecule has 2 fully saturated rings. The Bertz CT molecular complexity index is 735. The van der Waals surface area contributed by atoms with Gasteiger partial charge in [0, 0.05) is 12.8 Å². The van der Waals surface area contributed by atoms with Crippen LogP contribution < -0.4 is 0 Å². The SMILES string of the molecule is C[C@]12CC[C@H]3[C@@H](C=CC4=CC(=O)CC[C@@]43C)[C@@H]1CC[C@@H]2CC(O)(O)C(=O)O. The Kier molecular flexibility index (Phi) is 4.21. The second kappa shape index (κ2) is 6.02. The number of aliphatic carboxylic acids is 1. The lowest BCUT2D eigenvalue weighted by atomic mass is 9.48. The molecule has 0 aromatic rings. The molecule has 4 aliphatic carbocycles. The number of fused-ring (bicyclic) bond motifs is 5. The van der Waals surface area contributed by atoms with E-state index in [-0.39, 0.29) is 29.0 Å². The number of allylic oxidation sites excluding steroid dienone is 4. The highest BCUT2D eigenvalue weighted by Crippen LogP contribution is 2.65. The van der Waals surface area contributed by atoms with Crippen molar-refractivity contribution in [2.24, 2.45) is 34.5 Å². The van der Waals surface area contributed by atoms with Crippen LogP contribution in [0.15, 0.2) is 23.8 Å². The Hall–Kier alpha value is -1.46. The first-order valence-corrected chi connectivity index (χ1v) is 10.2. The van der Waals surface area contributed by atoms with Gasteiger partial charge < -0.3 is 15.3 Å². The maximum atomic E-state index is 11.9. The monoisotopic (exact) mass is 374 g/mol. The predicted octanol–water partition coefficient (Wildman–Crippen LogP) is 3.07. The average molecular weight is 374 g/mol. The van der Waals surface area contributed by atoms with E-state index in [4.69, 9.17) is 5.11 Å². The van der Waals surface area contributed by atoms with Crippen LogP contribution in [0.2, 0.25) is 0 Å². The highest BCUT2D eigenvalue weighted by molar-refractivity contribution is 5.92. The summed E-state index contributed by atoms with van der Waals surface area (Å²) < 4.78 is 0. The highest BCUT2D eigenvalue weighted by atomic mass is 16.5. The Morgan fingerprint density at radius 3 is 2.63 bits per heavy atom. The zero-order chi connectivity index (χ0) is 19.6. The molecule has 0 spiro atoms. The van der Waals surface area contributed by atoms with Gasteiger partial charge in [-0.15, -0.1) is 0 Å². The zero-order valence-corrected chi connectivity index (χ0v) is 16.1. The standard InChI is InChI=1S/C22H30O5/c1-20-9-7-15(23)11-13(20)3-5-16-17-6-4-14(12-22(26,27)19(24)25)21(17,2)10-8-18(16)20/h3,5,11,14,16-18,26-27H,4,6-10,12H2,1-2H3,(H,24,25)/t14-,16+,17+,18+,20+,21-/m1/s1. The van der Waals surface area contributed by atoms with E-state index in [1.807, 2.05) is 6.08 Å². The van der Waals surface area contributed by atoms with Crippen LogP contribution in [0, 0.1) is 34.5 Å². The van der Waals surface area contributed by atoms with Crippen molar-refractivity contribution in [2.75, 3.05) is 0 Å². The quantitative estimate of drug-likeness (QED) is 0.660. The Morgan fingerprint density at radius 2 is 1.93 bits per heavy atom. The zero-order valence-electron chi connectivity index (χ0n) is 16.1. The maximum absolute atomic E-state index is 11.9. The maximum Gasteiger partial charge on any atom is 0.364 e. The molecule has 0 radical (unpaired) electrons. The molecule has 0 aliphatic heterocycles. The molecule has 0 aromatic carbocycles. The van der Waals surface area contributed by atoms with Gasteiger partial charge in [-0.25, -0.2) is 4.79 Å². The Balaban J connectivity index is 1.62. The van der Waals surface area contributed by atoms with Crippen LogP contribution in [0.4, 0.5) is 0 Å². The number of carboxylic acids is 1. The molecule has 0 aromatic heterocycles. The van der Waals surface area contributed by atoms with Crippen LogP contribution in [-0.2, 0) is 9.59 Å². The first-order chi connectivity index (χ1) is 12.6. The van der Waals surface area contributed by atoms with Crippen molar-refractivity contribution < 1.29 is 24.9 Å². The number of hydrogen-bond acceptors (Lipinski definition) is 4. The summed E-state index contributed by atoms with van der Waals surface area (Å²) in [6.45, 7) is 4.52. The minimum atomic E-state index is -2.65. The molecule has 148 valence electrons. The molecule has 5 nitrogen and oxygen atoms in total. The third kappa shape index (κ3) is 2.73. The molecule has 0 saturated heterocycles. The molecule has 4 rings (SSSR count). The number of carbonyl (C=O) groups is 2. The molecular weight excluding hydrogens is 344 g/mol. The van der Waals surface area contributed by atoms with Crippen molar-refractivity contribution in [3.05, 3.63) is 23.8 Å². The lowest BCUT2D eigenvalue weighted by Crippen LogP contribution is -2.50. The van der Waals surface area contributed by atoms with Gasteiger partial charge in [-0.3, -0.25) is 4.79 Å². The normalized spacial score (nSPS) is 43.6. The topological polar surface area (TPSA) is 94.8 Å². The van der Waals surface area contributed by atoms with Crippen LogP contribution >= 0.6 is 0 Å². The molecule has 5 heteroatoms. The summed E-state index contributed by atoms with van der Waals surface area (Å²) in [4.78, 5) is 23.1. The van der Waals surface area contributed by atoms with Gasteiger partial charge in [-0.2, -0.15) is 0 Å². The van der Waals surface area contributed by atoms with Crippen LogP contribution in [-0.4, -0.2) is 32.9 Å². The van der Waals surface area contributed by atoms with Gasteiger partial charge in [0.25, 0.3) is 5.79 Å². The van der Waals surface area contributed by atoms with E-state index in [2.05, 4.69) is 26.0 Å². The molecule has 0 amide bonds. The van der Waals surface area contributed by atoms with Gasteiger partial charge in [0.1, 0.15) is 0 Å². The fourth-order valence-corrected chi connectivity index (χ4v) is 6.87. The molecular formula is C22H30O5. The summed E-state index contributed by atoms with van der Waals surface area (Å²) in [6.07, 6.45) is 11.5. The van der Waals surface area contributed by atoms with E-state index in [1.165, 1.54) is 5.57 Å². The van der Waals surface area contributed by atoms with Gasteiger partial charge >= 0.3 is 5.97 Å². The van der Waals surface area contributed by atoms with Gasteiger partial charge in [0.2, 0.25) is 0 Å². The minimum Gasteiger partial charge on any atom is -0.477 e. The second-order valence-corrected chi connectivity index (χ2v) is 9.78. The lowest BCUT2D eigenvalue weighted by molar-refractivity contribution is -0.212. The van der Waals surface area contributed by atoms with E-state index >= 15 is 0 Å². The van der Waals surface area contributed by atoms with E-state index < -0.39 is 11.8 Å². The summed E-state index contributed by atoms with van der Waals surface area (Å²) in [6, 6.07) is 0. The van der Waals surface area contributed by atoms with Crippen molar-refractivity contribution in [3.63, 3.8) is 0 Å². The summed E-state index contributed by atoms with van der Waals surface area (Å²) in [5.41, 5.74) is 1.15. The van der Waals surface area contributed by atoms with Crippen molar-refractivity contribution >= 4 is 11.8 Å². The second-order valence-electron chi connectivity index (χ2n) is 9.78. The molecule has 0 unspecified atom stereocenters. The average Bonchev–Trinajstić information content (AvgIpc) is 2.91. The van der Waals surface area contributed by atoms with Crippen LogP contribution in [0.5, 0.6) is 0 Å². The summed E-state index contributed by atoms with van der Waals surface area (Å²) in [7, 11) is 0. The third-order valence-electron chi connectivity index (χ3n) is 8.59. The largest absolute Gasteiger partial charge is 0.477 e. The molecule has 4 aliphatic rings. The van der Waals surface area contributed by atoms with E-state index in [0.717, 1.165) is 32.1 Å². The van der Waals surface area contributed by atoms with Crippen LogP contribution in [0.25, 0.3) is 0 Å². The van der Waals surface area contributed by atoms with Crippen molar-refractivity contribution in [1.29, 1.82) is 0 Å². The van der Waals surface area contributed by atoms with Crippen molar-refractivity contribution in [3.8, 4) is 0 Å². The summed E-state index contributed by atoms with van der Waals surface area (Å²) >= 11 is 0. The molecule has 6 atom stereocenters. The fourth-order valence-electron chi connectivity index (χ4n) is 6.87. The number of hydrogen-bond donors (Lipinski definition) is 3. The molecule has 0 bridgehead atoms. The smallest absolute Gasteiger partial charge is 0.364 e. The van der Waals surface area contributed by atoms with E-state index in [9.17, 15) is 19.8 Å². The predicted molar refractivity (Wildman–Crippen MR) is 99.5 cm³/mol. The lowest BCUT2D eigenvalue weighted by Gasteiger charge is -2.56. The van der Waals surface area contributed by atoms with Crippen LogP contribution in [0.1, 0.15) is 58.8 Å². The Morgan fingerprint density at radius 1 is 1.19 bits per heavy atom. The number of aliphatic hydroxyl groups is 2. The summed E-state index contributed by atoms with van der Waals surface area (Å²) in [5.74, 6) is -2.63. The van der Waals surface area contributed by atoms with Crippen molar-refractivity contribution in [1.82, 2.24) is 0 Å². The molecule has 3 N–H and O–H groups in total. The van der Waals surface area contributed by atoms with Gasteiger partial charge in [0.05, 0.1) is 0 Å². The minimum absolute atomic E-state index is 0.000582. The molecule has 27 heavy (non-hydrogen) atoms. The van der Waals surface area contributed by atoms with Gasteiger partial charge in [-0.05, 0) is 78.3 Å². The number of rotatable bonds is 3. The van der Waals surface area contributed by atoms with Crippen molar-refractivity contribution in [2.45, 2.75) is 64.6 Å². The van der Waals surface area contributed by atoms with E-state index in [0.29, 0.717) is 24.2 Å². The summed E-state index contributed by atoms with van der Waals surface area (Å²) in [5, 5.41) is 28.9. The first kappa shape index (κ1) is 18.9. The van der Waals surface area contributed by atoms with Gasteiger partial charge in [0.15, 0.2) is 5.78 Å². The Labute approximate surface area is 160 Å². The molecule has 2 saturated carbocycles. The number of ketones is 1. The van der Waals surface area contributed by atoms with Crippen LogP contribution in [0.3, 0.4) is 0 Å². The third-order valence-corrected chi connectivity index (χ3v) is 8.59. The van der Waals surface area contributed by atoms with Gasteiger partial charge in [-0.1, -0.05) is 26.0 Å². The fraction of sp³-hybridized carbons (Fsp3) is 0.727. The van der Waals surface area contributed by atoms with E-state index in [1.54, 1.807) is 0 Å². The molecule has 0 heterocycles. The highest BCUT2D eigenvalue weighted by Gasteiger charge is 2.59. The number of carboxylic acid groups (broad SMARTS) is 1. The first-order valence-electron chi connectivity index (χ1n) is 10.2.